The van der Waals surface area contributed by atoms with Crippen LogP contribution in [0.3, 0.4) is 0 Å². The number of aromatic nitrogens is 3. The number of aryl methyl sites for hydroxylation is 1. The van der Waals surface area contributed by atoms with Crippen molar-refractivity contribution in [3.05, 3.63) is 65.6 Å². The standard InChI is InChI=1S/C18H17ClN4O/c1-12(15-5-3-4-6-16(15)19)18(24)22-17-8-7-13(9-20-17)14-10-21-23(2)11-14/h3-12H,1-2H3,(H,20,22,24)/t12-/m0/s1. The van der Waals surface area contributed by atoms with Crippen molar-refractivity contribution in [1.29, 1.82) is 0 Å². The predicted octanol–water partition coefficient (Wildman–Crippen LogP) is 3.88. The third kappa shape index (κ3) is 3.46. The van der Waals surface area contributed by atoms with Crippen LogP contribution in [0.2, 0.25) is 5.02 Å². The van der Waals surface area contributed by atoms with Gasteiger partial charge in [0.25, 0.3) is 0 Å². The highest BCUT2D eigenvalue weighted by Gasteiger charge is 2.18. The van der Waals surface area contributed by atoms with Gasteiger partial charge in [0.1, 0.15) is 5.82 Å². The zero-order valence-electron chi connectivity index (χ0n) is 13.4. The second kappa shape index (κ2) is 6.84. The lowest BCUT2D eigenvalue weighted by Crippen LogP contribution is -2.19. The quantitative estimate of drug-likeness (QED) is 0.784. The van der Waals surface area contributed by atoms with E-state index in [1.54, 1.807) is 29.2 Å². The highest BCUT2D eigenvalue weighted by Crippen LogP contribution is 2.25. The zero-order chi connectivity index (χ0) is 17.1. The number of benzene rings is 1. The molecule has 2 aromatic heterocycles. The van der Waals surface area contributed by atoms with Crippen molar-refractivity contribution in [1.82, 2.24) is 14.8 Å². The van der Waals surface area contributed by atoms with Gasteiger partial charge in [-0.05, 0) is 30.7 Å². The first kappa shape index (κ1) is 16.2. The summed E-state index contributed by atoms with van der Waals surface area (Å²) in [5.41, 5.74) is 2.72. The third-order valence-electron chi connectivity index (χ3n) is 3.82. The molecule has 1 amide bonds. The Balaban J connectivity index is 1.72. The first-order valence-electron chi connectivity index (χ1n) is 7.55. The molecule has 3 rings (SSSR count). The number of anilines is 1. The molecule has 0 aliphatic carbocycles. The second-order valence-electron chi connectivity index (χ2n) is 5.57. The fourth-order valence-corrected chi connectivity index (χ4v) is 2.71. The number of amides is 1. The van der Waals surface area contributed by atoms with Crippen LogP contribution in [0.4, 0.5) is 5.82 Å². The highest BCUT2D eigenvalue weighted by atomic mass is 35.5. The van der Waals surface area contributed by atoms with Crippen molar-refractivity contribution in [3.63, 3.8) is 0 Å². The molecule has 1 aromatic carbocycles. The lowest BCUT2D eigenvalue weighted by molar-refractivity contribution is -0.117. The molecular weight excluding hydrogens is 324 g/mol. The molecule has 3 aromatic rings. The maximum Gasteiger partial charge on any atom is 0.232 e. The molecule has 0 unspecified atom stereocenters. The Kier molecular flexibility index (Phi) is 4.62. The summed E-state index contributed by atoms with van der Waals surface area (Å²) in [6, 6.07) is 11.0. The maximum atomic E-state index is 12.4. The molecule has 0 spiro atoms. The van der Waals surface area contributed by atoms with Crippen LogP contribution in [0.25, 0.3) is 11.1 Å². The summed E-state index contributed by atoms with van der Waals surface area (Å²) >= 11 is 6.15. The minimum Gasteiger partial charge on any atom is -0.310 e. The smallest absolute Gasteiger partial charge is 0.232 e. The van der Waals surface area contributed by atoms with E-state index in [0.717, 1.165) is 16.7 Å². The molecule has 0 aliphatic heterocycles. The molecule has 1 atom stereocenters. The van der Waals surface area contributed by atoms with Crippen LogP contribution in [0.1, 0.15) is 18.4 Å². The summed E-state index contributed by atoms with van der Waals surface area (Å²) in [5.74, 6) is -0.00484. The molecule has 6 heteroatoms. The summed E-state index contributed by atoms with van der Waals surface area (Å²) in [5, 5.41) is 7.54. The Morgan fingerprint density at radius 3 is 2.58 bits per heavy atom. The van der Waals surface area contributed by atoms with Gasteiger partial charge in [-0.1, -0.05) is 29.8 Å². The number of hydrogen-bond donors (Lipinski definition) is 1. The molecule has 122 valence electrons. The van der Waals surface area contributed by atoms with Gasteiger partial charge in [0.05, 0.1) is 12.1 Å². The second-order valence-corrected chi connectivity index (χ2v) is 5.97. The third-order valence-corrected chi connectivity index (χ3v) is 4.16. The van der Waals surface area contributed by atoms with Crippen LogP contribution in [-0.4, -0.2) is 20.7 Å². The van der Waals surface area contributed by atoms with Crippen molar-refractivity contribution in [2.45, 2.75) is 12.8 Å². The van der Waals surface area contributed by atoms with Gasteiger partial charge in [-0.3, -0.25) is 9.48 Å². The van der Waals surface area contributed by atoms with E-state index in [1.165, 1.54) is 0 Å². The average Bonchev–Trinajstić information content (AvgIpc) is 3.02. The van der Waals surface area contributed by atoms with E-state index < -0.39 is 0 Å². The van der Waals surface area contributed by atoms with Crippen LogP contribution in [0.5, 0.6) is 0 Å². The van der Waals surface area contributed by atoms with E-state index >= 15 is 0 Å². The zero-order valence-corrected chi connectivity index (χ0v) is 14.2. The number of hydrogen-bond acceptors (Lipinski definition) is 3. The molecule has 0 fully saturated rings. The van der Waals surface area contributed by atoms with Crippen LogP contribution in [0.15, 0.2) is 55.0 Å². The molecular formula is C18H17ClN4O. The Hall–Kier alpha value is -2.66. The van der Waals surface area contributed by atoms with Crippen molar-refractivity contribution in [2.24, 2.45) is 7.05 Å². The maximum absolute atomic E-state index is 12.4. The van der Waals surface area contributed by atoms with Crippen LogP contribution in [-0.2, 0) is 11.8 Å². The Morgan fingerprint density at radius 1 is 1.17 bits per heavy atom. The number of rotatable bonds is 4. The molecule has 0 bridgehead atoms. The van der Waals surface area contributed by atoms with Crippen molar-refractivity contribution < 1.29 is 4.79 Å². The molecule has 2 heterocycles. The number of carbonyl (C=O) groups is 1. The van der Waals surface area contributed by atoms with Gasteiger partial charge in [0, 0.05) is 35.6 Å². The summed E-state index contributed by atoms with van der Waals surface area (Å²) in [4.78, 5) is 16.7. The summed E-state index contributed by atoms with van der Waals surface area (Å²) < 4.78 is 1.73. The van der Waals surface area contributed by atoms with Gasteiger partial charge < -0.3 is 5.32 Å². The monoisotopic (exact) mass is 340 g/mol. The molecule has 24 heavy (non-hydrogen) atoms. The number of carbonyl (C=O) groups excluding carboxylic acids is 1. The predicted molar refractivity (Wildman–Crippen MR) is 94.9 cm³/mol. The fourth-order valence-electron chi connectivity index (χ4n) is 2.41. The van der Waals surface area contributed by atoms with E-state index in [2.05, 4.69) is 15.4 Å². The Bertz CT molecular complexity index is 857. The Labute approximate surface area is 145 Å². The van der Waals surface area contributed by atoms with Gasteiger partial charge in [0.15, 0.2) is 0 Å². The van der Waals surface area contributed by atoms with E-state index in [-0.39, 0.29) is 11.8 Å². The van der Waals surface area contributed by atoms with Crippen LogP contribution < -0.4 is 5.32 Å². The molecule has 0 aliphatic rings. The number of nitrogens with zero attached hydrogens (tertiary/aromatic N) is 3. The van der Waals surface area contributed by atoms with E-state index in [0.29, 0.717) is 10.8 Å². The molecule has 5 nitrogen and oxygen atoms in total. The summed E-state index contributed by atoms with van der Waals surface area (Å²) in [7, 11) is 1.86. The van der Waals surface area contributed by atoms with Crippen LogP contribution >= 0.6 is 11.6 Å². The van der Waals surface area contributed by atoms with Crippen molar-refractivity contribution in [3.8, 4) is 11.1 Å². The lowest BCUT2D eigenvalue weighted by atomic mass is 10.0. The highest BCUT2D eigenvalue weighted by molar-refractivity contribution is 6.31. The van der Waals surface area contributed by atoms with E-state index in [9.17, 15) is 4.79 Å². The first-order valence-corrected chi connectivity index (χ1v) is 7.93. The van der Waals surface area contributed by atoms with Gasteiger partial charge in [-0.25, -0.2) is 4.98 Å². The normalized spacial score (nSPS) is 12.0. The minimum atomic E-state index is -0.363. The average molecular weight is 341 g/mol. The van der Waals surface area contributed by atoms with Crippen molar-refractivity contribution in [2.75, 3.05) is 5.32 Å². The molecule has 1 N–H and O–H groups in total. The van der Waals surface area contributed by atoms with Crippen LogP contribution in [0, 0.1) is 0 Å². The van der Waals surface area contributed by atoms with Gasteiger partial charge in [0.2, 0.25) is 5.91 Å². The molecule has 0 radical (unpaired) electrons. The summed E-state index contributed by atoms with van der Waals surface area (Å²) in [6.07, 6.45) is 5.40. The number of nitrogens with one attached hydrogen (secondary N) is 1. The van der Waals surface area contributed by atoms with Gasteiger partial charge in [-0.15, -0.1) is 0 Å². The SMILES string of the molecule is C[C@H](C(=O)Nc1ccc(-c2cnn(C)c2)cn1)c1ccccc1Cl. The molecule has 0 saturated carbocycles. The first-order chi connectivity index (χ1) is 11.5. The largest absolute Gasteiger partial charge is 0.310 e. The van der Waals surface area contributed by atoms with Crippen molar-refractivity contribution >= 4 is 23.3 Å². The fraction of sp³-hybridized carbons (Fsp3) is 0.167. The number of pyridine rings is 1. The van der Waals surface area contributed by atoms with Gasteiger partial charge in [-0.2, -0.15) is 5.10 Å². The van der Waals surface area contributed by atoms with Gasteiger partial charge >= 0.3 is 0 Å². The minimum absolute atomic E-state index is 0.148. The Morgan fingerprint density at radius 2 is 1.96 bits per heavy atom. The van der Waals surface area contributed by atoms with E-state index in [4.69, 9.17) is 11.6 Å². The molecule has 0 saturated heterocycles. The van der Waals surface area contributed by atoms with E-state index in [1.807, 2.05) is 44.4 Å². The topological polar surface area (TPSA) is 59.8 Å². The number of halogens is 1. The lowest BCUT2D eigenvalue weighted by Gasteiger charge is -2.13. The summed E-state index contributed by atoms with van der Waals surface area (Å²) in [6.45, 7) is 1.82.